The molecule has 0 unspecified atom stereocenters. The van der Waals surface area contributed by atoms with Crippen LogP contribution in [-0.2, 0) is 67.2 Å². The van der Waals surface area contributed by atoms with Crippen molar-refractivity contribution in [3.63, 3.8) is 0 Å². The average molecular weight is 1090 g/mol. The van der Waals surface area contributed by atoms with Crippen molar-refractivity contribution >= 4 is 71.0 Å². The van der Waals surface area contributed by atoms with Gasteiger partial charge in [0.05, 0.1) is 18.9 Å². The van der Waals surface area contributed by atoms with Crippen molar-refractivity contribution in [2.75, 3.05) is 25.1 Å². The molecule has 0 heterocycles. The topological polar surface area (TPSA) is 420 Å². The number of aromatic hydroxyl groups is 1. The van der Waals surface area contributed by atoms with Crippen molar-refractivity contribution in [2.24, 2.45) is 22.9 Å². The van der Waals surface area contributed by atoms with Crippen molar-refractivity contribution in [2.45, 2.75) is 125 Å². The van der Waals surface area contributed by atoms with Crippen LogP contribution in [0.3, 0.4) is 0 Å². The van der Waals surface area contributed by atoms with E-state index in [1.54, 1.807) is 66.9 Å². The summed E-state index contributed by atoms with van der Waals surface area (Å²) in [6.07, 6.45) is 1.29. The highest BCUT2D eigenvalue weighted by Gasteiger charge is 2.35. The number of phenolic OH excluding ortho intramolecular Hbond substituents is 1. The van der Waals surface area contributed by atoms with Gasteiger partial charge in [0, 0.05) is 19.3 Å². The molecule has 3 rings (SSSR count). The second-order valence-electron chi connectivity index (χ2n) is 18.2. The van der Waals surface area contributed by atoms with Crippen molar-refractivity contribution in [3.05, 3.63) is 102 Å². The second-order valence-corrected chi connectivity index (χ2v) is 19.2. The number of carbonyl (C=O) groups is 10. The maximum Gasteiger partial charge on any atom is 0.326 e. The van der Waals surface area contributed by atoms with Crippen molar-refractivity contribution < 1.29 is 63.3 Å². The first kappa shape index (κ1) is 63.7. The Morgan fingerprint density at radius 3 is 1.21 bits per heavy atom. The summed E-state index contributed by atoms with van der Waals surface area (Å²) in [5.41, 5.74) is 24.4. The monoisotopic (exact) mass is 1090 g/mol. The third kappa shape index (κ3) is 23.9. The van der Waals surface area contributed by atoms with Gasteiger partial charge in [-0.25, -0.2) is 4.79 Å². The summed E-state index contributed by atoms with van der Waals surface area (Å²) in [4.78, 5) is 134. The Hall–Kier alpha value is -7.61. The molecule has 0 aliphatic heterocycles. The Kier molecular flexibility index (Phi) is 28.2. The molecule has 25 heteroatoms. The van der Waals surface area contributed by atoms with Crippen LogP contribution in [0.25, 0.3) is 0 Å². The van der Waals surface area contributed by atoms with Gasteiger partial charge in [-0.1, -0.05) is 72.8 Å². The number of carbonyl (C=O) groups excluding carboxylic acids is 8. The summed E-state index contributed by atoms with van der Waals surface area (Å²) in [5, 5.41) is 47.2. The van der Waals surface area contributed by atoms with Gasteiger partial charge in [0.25, 0.3) is 0 Å². The van der Waals surface area contributed by atoms with Crippen LogP contribution in [0.15, 0.2) is 84.9 Å². The number of primary amides is 1. The number of hydrogen-bond acceptors (Lipinski definition) is 15. The van der Waals surface area contributed by atoms with Crippen LogP contribution < -0.4 is 60.2 Å². The van der Waals surface area contributed by atoms with Gasteiger partial charge >= 0.3 is 11.9 Å². The van der Waals surface area contributed by atoms with Gasteiger partial charge in [0.15, 0.2) is 0 Å². The third-order valence-corrected chi connectivity index (χ3v) is 12.6. The van der Waals surface area contributed by atoms with E-state index in [1.807, 2.05) is 0 Å². The predicted molar refractivity (Wildman–Crippen MR) is 286 cm³/mol. The number of thioether (sulfide) groups is 1. The van der Waals surface area contributed by atoms with Crippen molar-refractivity contribution in [3.8, 4) is 5.75 Å². The maximum absolute atomic E-state index is 14.6. The Balaban J connectivity index is 2.00. The van der Waals surface area contributed by atoms with Gasteiger partial charge in [-0.05, 0) is 98.9 Å². The van der Waals surface area contributed by atoms with E-state index in [1.165, 1.54) is 36.0 Å². The molecule has 24 nitrogen and oxygen atoms in total. The van der Waals surface area contributed by atoms with Crippen LogP contribution in [0, 0.1) is 0 Å². The molecule has 3 aromatic rings. The fourth-order valence-electron chi connectivity index (χ4n) is 7.79. The van der Waals surface area contributed by atoms with Crippen LogP contribution in [0.5, 0.6) is 5.75 Å². The molecule has 77 heavy (non-hydrogen) atoms. The Bertz CT molecular complexity index is 2420. The number of hydrogen-bond donors (Lipinski definition) is 14. The summed E-state index contributed by atoms with van der Waals surface area (Å²) in [6, 6.07) is 11.0. The van der Waals surface area contributed by atoms with Gasteiger partial charge < -0.3 is 75.5 Å². The molecule has 420 valence electrons. The first-order valence-electron chi connectivity index (χ1n) is 25.1. The molecule has 8 atom stereocenters. The zero-order chi connectivity index (χ0) is 56.9. The summed E-state index contributed by atoms with van der Waals surface area (Å²) in [7, 11) is 0. The second kappa shape index (κ2) is 34.1. The van der Waals surface area contributed by atoms with E-state index in [0.29, 0.717) is 48.1 Å². The Labute approximate surface area is 450 Å². The molecule has 3 aromatic carbocycles. The molecule has 0 spiro atoms. The fraction of sp³-hybridized carbons (Fsp3) is 0.462. The molecule has 0 saturated carbocycles. The molecule has 0 fully saturated rings. The minimum atomic E-state index is -1.72. The summed E-state index contributed by atoms with van der Waals surface area (Å²) in [6.45, 7) is 0.446. The Morgan fingerprint density at radius 1 is 0.468 bits per heavy atom. The molecule has 0 aliphatic carbocycles. The van der Waals surface area contributed by atoms with Crippen molar-refractivity contribution in [1.82, 2.24) is 37.2 Å². The lowest BCUT2D eigenvalue weighted by Gasteiger charge is -2.28. The molecule has 0 aliphatic rings. The Morgan fingerprint density at radius 2 is 0.831 bits per heavy atom. The van der Waals surface area contributed by atoms with Gasteiger partial charge in [0.1, 0.15) is 48.0 Å². The number of amides is 8. The standard InChI is InChI=1S/C52H73N11O13S/c1-77-25-22-35(55)45(68)59-41(30-44(66)67)51(74)62-40(28-33-18-20-34(64)21-19-33)49(72)58-36(16-8-10-23-53)46(69)60-38(26-31-12-4-2-5-13-31)48(71)57-37(17-9-11-24-54)47(70)61-39(27-32-14-6-3-7-15-32)50(73)63-42(52(75)76)29-43(56)65/h2-7,12-15,18-21,35-42,64H,8-11,16-17,22-30,53-55H2,1H3,(H2,56,65)(H,57,71)(H,58,72)(H,59,68)(H,60,69)(H,61,70)(H,62,74)(H,63,73)(H,66,67)(H,75,76)/t35-,36-,37-,38-,39-,40-,41-,42-/m0/s1. The largest absolute Gasteiger partial charge is 0.508 e. The lowest BCUT2D eigenvalue weighted by molar-refractivity contribution is -0.143. The first-order valence-corrected chi connectivity index (χ1v) is 26.5. The summed E-state index contributed by atoms with van der Waals surface area (Å²) < 4.78 is 0. The molecular formula is C52H73N11O13S. The number of aliphatic carboxylic acids is 2. The van der Waals surface area contributed by atoms with E-state index < -0.39 is 120 Å². The number of carboxylic acid groups (broad SMARTS) is 2. The lowest BCUT2D eigenvalue weighted by Crippen LogP contribution is -2.61. The van der Waals surface area contributed by atoms with E-state index in [0.717, 1.165) is 0 Å². The highest BCUT2D eigenvalue weighted by atomic mass is 32.2. The minimum Gasteiger partial charge on any atom is -0.508 e. The zero-order valence-electron chi connectivity index (χ0n) is 43.0. The number of nitrogens with one attached hydrogen (secondary N) is 7. The number of rotatable bonds is 36. The van der Waals surface area contributed by atoms with E-state index in [-0.39, 0.29) is 57.4 Å². The molecule has 18 N–H and O–H groups in total. The van der Waals surface area contributed by atoms with Gasteiger partial charge in [0.2, 0.25) is 47.3 Å². The molecule has 0 saturated heterocycles. The third-order valence-electron chi connectivity index (χ3n) is 12.0. The van der Waals surface area contributed by atoms with Crippen LogP contribution in [0.4, 0.5) is 0 Å². The van der Waals surface area contributed by atoms with Crippen molar-refractivity contribution in [1.29, 1.82) is 0 Å². The van der Waals surface area contributed by atoms with E-state index >= 15 is 0 Å². The molecular weight excluding hydrogens is 1020 g/mol. The zero-order valence-corrected chi connectivity index (χ0v) is 43.8. The highest BCUT2D eigenvalue weighted by Crippen LogP contribution is 2.15. The van der Waals surface area contributed by atoms with E-state index in [2.05, 4.69) is 37.2 Å². The minimum absolute atomic E-state index is 0.00634. The normalized spacial score (nSPS) is 14.1. The highest BCUT2D eigenvalue weighted by molar-refractivity contribution is 7.98. The van der Waals surface area contributed by atoms with Gasteiger partial charge in [-0.2, -0.15) is 11.8 Å². The molecule has 0 bridgehead atoms. The number of unbranched alkanes of at least 4 members (excludes halogenated alkanes) is 2. The van der Waals surface area contributed by atoms with E-state index in [4.69, 9.17) is 22.9 Å². The van der Waals surface area contributed by atoms with Crippen LogP contribution >= 0.6 is 11.8 Å². The average Bonchev–Trinajstić information content (AvgIpc) is 3.39. The SMILES string of the molecule is CSCC[C@H](N)C(=O)N[C@@H](CC(=O)O)C(=O)N[C@@H](Cc1ccc(O)cc1)C(=O)N[C@@H](CCCCN)C(=O)N[C@@H](Cc1ccccc1)C(=O)N[C@@H](CCCCN)C(=O)N[C@@H](Cc1ccccc1)C(=O)N[C@@H](CC(N)=O)C(=O)O. The molecule has 8 amide bonds. The predicted octanol–water partition coefficient (Wildman–Crippen LogP) is -1.41. The summed E-state index contributed by atoms with van der Waals surface area (Å²) >= 11 is 1.43. The van der Waals surface area contributed by atoms with Crippen LogP contribution in [0.2, 0.25) is 0 Å². The van der Waals surface area contributed by atoms with Crippen LogP contribution in [0.1, 0.15) is 74.5 Å². The lowest BCUT2D eigenvalue weighted by atomic mass is 10.0. The number of carboxylic acids is 2. The van der Waals surface area contributed by atoms with Gasteiger partial charge in [-0.15, -0.1) is 0 Å². The van der Waals surface area contributed by atoms with Crippen LogP contribution in [-0.4, -0.2) is 148 Å². The number of nitrogens with two attached hydrogens (primary N) is 4. The number of benzene rings is 3. The molecule has 0 radical (unpaired) electrons. The van der Waals surface area contributed by atoms with Gasteiger partial charge in [-0.3, -0.25) is 43.2 Å². The quantitative estimate of drug-likeness (QED) is 0.0297. The number of phenols is 1. The van der Waals surface area contributed by atoms with E-state index in [9.17, 15) is 63.3 Å². The first-order chi connectivity index (χ1) is 36.7. The fourth-order valence-corrected chi connectivity index (χ4v) is 8.28. The smallest absolute Gasteiger partial charge is 0.326 e. The maximum atomic E-state index is 14.6. The molecule has 0 aromatic heterocycles. The summed E-state index contributed by atoms with van der Waals surface area (Å²) in [5.74, 6) is -9.87.